The van der Waals surface area contributed by atoms with E-state index in [1.54, 1.807) is 12.3 Å². The van der Waals surface area contributed by atoms with Crippen molar-refractivity contribution in [2.24, 2.45) is 5.92 Å². The minimum absolute atomic E-state index is 0.375. The summed E-state index contributed by atoms with van der Waals surface area (Å²) in [6.45, 7) is 5.82. The lowest BCUT2D eigenvalue weighted by Gasteiger charge is -2.15. The highest BCUT2D eigenvalue weighted by atomic mass is 16.6. The monoisotopic (exact) mass is 461 g/mol. The molecule has 3 heterocycles. The third-order valence-corrected chi connectivity index (χ3v) is 5.82. The first-order chi connectivity index (χ1) is 16.5. The first kappa shape index (κ1) is 21.8. The van der Waals surface area contributed by atoms with Crippen molar-refractivity contribution in [2.45, 2.75) is 33.2 Å². The van der Waals surface area contributed by atoms with E-state index in [9.17, 15) is 4.79 Å². The summed E-state index contributed by atoms with van der Waals surface area (Å²) in [5.41, 5.74) is 3.80. The number of imidazole rings is 1. The molecule has 0 bridgehead atoms. The Kier molecular flexibility index (Phi) is 5.61. The summed E-state index contributed by atoms with van der Waals surface area (Å²) in [6, 6.07) is 11.5. The number of rotatable bonds is 8. The molecule has 9 nitrogen and oxygen atoms in total. The summed E-state index contributed by atoms with van der Waals surface area (Å²) in [4.78, 5) is 17.5. The molecule has 0 saturated carbocycles. The van der Waals surface area contributed by atoms with E-state index in [0.717, 1.165) is 29.1 Å². The molecular weight excluding hydrogens is 434 g/mol. The van der Waals surface area contributed by atoms with Gasteiger partial charge in [0.15, 0.2) is 11.5 Å². The Hall–Kier alpha value is -4.01. The molecule has 4 aromatic rings. The fraction of sp³-hybridized carbons (Fsp3) is 0.320. The molecule has 34 heavy (non-hydrogen) atoms. The van der Waals surface area contributed by atoms with E-state index in [1.807, 2.05) is 41.2 Å². The number of aromatic nitrogens is 4. The molecular formula is C25H27N5O4. The van der Waals surface area contributed by atoms with Crippen molar-refractivity contribution >= 4 is 22.7 Å². The van der Waals surface area contributed by atoms with Crippen molar-refractivity contribution in [3.8, 4) is 11.5 Å². The van der Waals surface area contributed by atoms with Gasteiger partial charge >= 0.3 is 5.97 Å². The highest BCUT2D eigenvalue weighted by Gasteiger charge is 2.36. The second-order valence-corrected chi connectivity index (χ2v) is 8.63. The average molecular weight is 462 g/mol. The molecule has 176 valence electrons. The van der Waals surface area contributed by atoms with Crippen molar-refractivity contribution in [3.05, 3.63) is 65.7 Å². The van der Waals surface area contributed by atoms with Gasteiger partial charge in [0.25, 0.3) is 0 Å². The smallest absolute Gasteiger partial charge is 0.344 e. The van der Waals surface area contributed by atoms with E-state index < -0.39 is 12.2 Å². The lowest BCUT2D eigenvalue weighted by atomic mass is 10.1. The first-order valence-electron chi connectivity index (χ1n) is 11.2. The predicted molar refractivity (Wildman–Crippen MR) is 127 cm³/mol. The number of nitrogens with zero attached hydrogens (tertiary/aromatic N) is 4. The number of hydrogen-bond donors (Lipinski definition) is 1. The van der Waals surface area contributed by atoms with Crippen LogP contribution in [-0.2, 0) is 17.8 Å². The van der Waals surface area contributed by atoms with Crippen LogP contribution in [0, 0.1) is 5.92 Å². The number of fused-ring (bicyclic) bond motifs is 2. The van der Waals surface area contributed by atoms with E-state index in [4.69, 9.17) is 19.2 Å². The Bertz CT molecular complexity index is 1340. The third-order valence-electron chi connectivity index (χ3n) is 5.82. The van der Waals surface area contributed by atoms with Crippen LogP contribution < -0.4 is 14.8 Å². The topological polar surface area (TPSA) is 92.4 Å². The summed E-state index contributed by atoms with van der Waals surface area (Å²) in [5, 5.41) is 7.64. The molecule has 5 rings (SSSR count). The fourth-order valence-electron chi connectivity index (χ4n) is 4.36. The highest BCUT2D eigenvalue weighted by Crippen LogP contribution is 2.42. The number of benzene rings is 2. The molecule has 0 aliphatic carbocycles. The largest absolute Gasteiger partial charge is 0.493 e. The molecule has 1 atom stereocenters. The number of cyclic esters (lactones) is 1. The van der Waals surface area contributed by atoms with Crippen LogP contribution in [0.15, 0.2) is 48.8 Å². The molecule has 1 aliphatic rings. The van der Waals surface area contributed by atoms with E-state index >= 15 is 0 Å². The molecule has 1 aliphatic heterocycles. The molecule has 0 amide bonds. The minimum atomic E-state index is -0.638. The van der Waals surface area contributed by atoms with Gasteiger partial charge in [-0.1, -0.05) is 13.8 Å². The van der Waals surface area contributed by atoms with Crippen LogP contribution in [0.2, 0.25) is 0 Å². The van der Waals surface area contributed by atoms with Crippen molar-refractivity contribution in [3.63, 3.8) is 0 Å². The molecule has 2 aromatic carbocycles. The van der Waals surface area contributed by atoms with Crippen LogP contribution in [0.25, 0.3) is 11.0 Å². The van der Waals surface area contributed by atoms with Crippen molar-refractivity contribution in [1.29, 1.82) is 0 Å². The summed E-state index contributed by atoms with van der Waals surface area (Å²) < 4.78 is 20.5. The molecule has 0 fully saturated rings. The maximum atomic E-state index is 12.6. The first-order valence-corrected chi connectivity index (χ1v) is 11.2. The maximum absolute atomic E-state index is 12.6. The van der Waals surface area contributed by atoms with E-state index in [2.05, 4.69) is 28.8 Å². The number of ether oxygens (including phenoxy) is 3. The molecule has 2 aromatic heterocycles. The minimum Gasteiger partial charge on any atom is -0.493 e. The molecule has 0 saturated heterocycles. The van der Waals surface area contributed by atoms with E-state index in [0.29, 0.717) is 35.1 Å². The van der Waals surface area contributed by atoms with E-state index in [-0.39, 0.29) is 0 Å². The number of anilines is 1. The third kappa shape index (κ3) is 3.83. The Morgan fingerprint density at radius 3 is 2.74 bits per heavy atom. The molecule has 9 heteroatoms. The number of methoxy groups -OCH3 is 2. The summed E-state index contributed by atoms with van der Waals surface area (Å²) in [7, 11) is 3.04. The second kappa shape index (κ2) is 8.74. The Balaban J connectivity index is 1.47. The molecule has 0 spiro atoms. The quantitative estimate of drug-likeness (QED) is 0.393. The second-order valence-electron chi connectivity index (χ2n) is 8.63. The zero-order valence-electron chi connectivity index (χ0n) is 19.6. The number of carbonyl (C=O) groups excluding carboxylic acids is 1. The van der Waals surface area contributed by atoms with Gasteiger partial charge < -0.3 is 24.1 Å². The van der Waals surface area contributed by atoms with Gasteiger partial charge in [0.1, 0.15) is 11.4 Å². The summed E-state index contributed by atoms with van der Waals surface area (Å²) in [5.74, 6) is 1.82. The number of carbonyl (C=O) groups is 1. The Morgan fingerprint density at radius 1 is 1.18 bits per heavy atom. The zero-order valence-corrected chi connectivity index (χ0v) is 19.6. The SMILES string of the molecule is COc1ccc2c(c1OC)C(=O)O[C@@H]2Nc1ccc2c(c1)nc(Cn1cccn1)n2CC(C)C. The van der Waals surface area contributed by atoms with Crippen LogP contribution in [0.1, 0.15) is 41.8 Å². The lowest BCUT2D eigenvalue weighted by molar-refractivity contribution is 0.0435. The van der Waals surface area contributed by atoms with Crippen molar-refractivity contribution in [2.75, 3.05) is 19.5 Å². The van der Waals surface area contributed by atoms with Gasteiger partial charge in [0, 0.05) is 30.2 Å². The molecule has 1 N–H and O–H groups in total. The lowest BCUT2D eigenvalue weighted by Crippen LogP contribution is -2.12. The van der Waals surface area contributed by atoms with Gasteiger partial charge in [-0.25, -0.2) is 9.78 Å². The predicted octanol–water partition coefficient (Wildman–Crippen LogP) is 4.24. The average Bonchev–Trinajstić information content (AvgIpc) is 3.52. The standard InChI is InChI=1S/C25H27N5O4/c1-15(2)13-30-19-8-6-16(12-18(19)28-21(30)14-29-11-5-10-26-29)27-24-17-7-9-20(32-3)23(33-4)22(17)25(31)34-24/h5-12,15,24,27H,13-14H2,1-4H3/t24-/m0/s1. The van der Waals surface area contributed by atoms with Crippen LogP contribution in [-0.4, -0.2) is 39.5 Å². The van der Waals surface area contributed by atoms with E-state index in [1.165, 1.54) is 14.2 Å². The van der Waals surface area contributed by atoms with Crippen LogP contribution >= 0.6 is 0 Å². The van der Waals surface area contributed by atoms with Crippen molar-refractivity contribution in [1.82, 2.24) is 19.3 Å². The van der Waals surface area contributed by atoms with Gasteiger partial charge in [0.05, 0.1) is 31.8 Å². The summed E-state index contributed by atoms with van der Waals surface area (Å²) >= 11 is 0. The normalized spacial score (nSPS) is 15.0. The fourth-order valence-corrected chi connectivity index (χ4v) is 4.36. The highest BCUT2D eigenvalue weighted by molar-refractivity contribution is 5.98. The number of hydrogen-bond acceptors (Lipinski definition) is 7. The van der Waals surface area contributed by atoms with Gasteiger partial charge in [-0.2, -0.15) is 5.10 Å². The van der Waals surface area contributed by atoms with Gasteiger partial charge in [0.2, 0.25) is 6.23 Å². The maximum Gasteiger partial charge on any atom is 0.344 e. The Labute approximate surface area is 197 Å². The Morgan fingerprint density at radius 2 is 2.03 bits per heavy atom. The van der Waals surface area contributed by atoms with Gasteiger partial charge in [-0.05, 0) is 42.3 Å². The van der Waals surface area contributed by atoms with Crippen molar-refractivity contribution < 1.29 is 19.0 Å². The van der Waals surface area contributed by atoms with Gasteiger partial charge in [-0.3, -0.25) is 4.68 Å². The zero-order chi connectivity index (χ0) is 23.8. The van der Waals surface area contributed by atoms with Crippen LogP contribution in [0.3, 0.4) is 0 Å². The van der Waals surface area contributed by atoms with Crippen LogP contribution in [0.4, 0.5) is 5.69 Å². The summed E-state index contributed by atoms with van der Waals surface area (Å²) in [6.07, 6.45) is 3.06. The number of nitrogens with one attached hydrogen (secondary N) is 1. The van der Waals surface area contributed by atoms with Gasteiger partial charge in [-0.15, -0.1) is 0 Å². The molecule has 0 radical (unpaired) electrons. The molecule has 0 unspecified atom stereocenters. The van der Waals surface area contributed by atoms with Crippen LogP contribution in [0.5, 0.6) is 11.5 Å². The number of esters is 1.